The van der Waals surface area contributed by atoms with Crippen LogP contribution in [0.1, 0.15) is 25.0 Å². The van der Waals surface area contributed by atoms with E-state index >= 15 is 0 Å². The Morgan fingerprint density at radius 1 is 0.800 bits per heavy atom. The highest BCUT2D eigenvalue weighted by Gasteiger charge is 2.32. The summed E-state index contributed by atoms with van der Waals surface area (Å²) in [5.41, 5.74) is 1.74. The summed E-state index contributed by atoms with van der Waals surface area (Å²) in [6.07, 6.45) is 6.64. The molecular formula is C24H24Cl2N2O2. The van der Waals surface area contributed by atoms with Crippen LogP contribution in [-0.2, 0) is 9.59 Å². The minimum absolute atomic E-state index is 0.0732. The number of hydrogen-bond acceptors (Lipinski definition) is 2. The molecule has 0 aromatic heterocycles. The van der Waals surface area contributed by atoms with Gasteiger partial charge >= 0.3 is 0 Å². The summed E-state index contributed by atoms with van der Waals surface area (Å²) in [6.45, 7) is 4.88. The molecule has 3 rings (SSSR count). The first kappa shape index (κ1) is 22.1. The van der Waals surface area contributed by atoms with E-state index in [1.165, 1.54) is 0 Å². The first-order valence-corrected chi connectivity index (χ1v) is 10.6. The Hall–Kier alpha value is -2.56. The summed E-state index contributed by atoms with van der Waals surface area (Å²) in [6, 6.07) is 14.5. The van der Waals surface area contributed by atoms with Gasteiger partial charge in [-0.2, -0.15) is 0 Å². The van der Waals surface area contributed by atoms with Gasteiger partial charge in [-0.05, 0) is 61.4 Å². The molecule has 0 N–H and O–H groups in total. The number of nitrogens with zero attached hydrogens (tertiary/aromatic N) is 2. The maximum atomic E-state index is 12.7. The second-order valence-electron chi connectivity index (χ2n) is 7.46. The number of rotatable bonds is 4. The second kappa shape index (κ2) is 9.96. The third-order valence-electron chi connectivity index (χ3n) is 5.09. The zero-order valence-electron chi connectivity index (χ0n) is 17.0. The van der Waals surface area contributed by atoms with Gasteiger partial charge in [-0.1, -0.05) is 47.5 Å². The molecule has 0 bridgehead atoms. The van der Waals surface area contributed by atoms with Crippen LogP contribution in [0.15, 0.2) is 60.7 Å². The Morgan fingerprint density at radius 2 is 1.20 bits per heavy atom. The van der Waals surface area contributed by atoms with Crippen molar-refractivity contribution in [3.8, 4) is 0 Å². The van der Waals surface area contributed by atoms with Gasteiger partial charge < -0.3 is 9.80 Å². The SMILES string of the molecule is C[C@@H]1CN(C(=O)/C=C/c2cccc(Cl)c2)[C@@H](C)CN1C(=O)/C=C/c1cccc(Cl)c1. The molecule has 1 aliphatic rings. The molecule has 2 atom stereocenters. The standard InChI is InChI=1S/C24H24Cl2N2O2/c1-17-15-28(24(30)12-10-20-6-4-8-22(26)14-20)18(2)16-27(17)23(29)11-9-19-5-3-7-21(25)13-19/h3-14,17-18H,15-16H2,1-2H3/b11-9+,12-10+/t17-,18+. The van der Waals surface area contributed by atoms with Crippen molar-refractivity contribution in [2.45, 2.75) is 25.9 Å². The molecule has 6 heteroatoms. The van der Waals surface area contributed by atoms with Crippen molar-refractivity contribution in [2.24, 2.45) is 0 Å². The van der Waals surface area contributed by atoms with E-state index < -0.39 is 0 Å². The maximum absolute atomic E-state index is 12.7. The average molecular weight is 443 g/mol. The van der Waals surface area contributed by atoms with Crippen LogP contribution < -0.4 is 0 Å². The number of amides is 2. The van der Waals surface area contributed by atoms with Gasteiger partial charge in [0.2, 0.25) is 11.8 Å². The van der Waals surface area contributed by atoms with E-state index in [1.807, 2.05) is 38.1 Å². The van der Waals surface area contributed by atoms with Gasteiger partial charge in [-0.25, -0.2) is 0 Å². The molecule has 2 aromatic rings. The average Bonchev–Trinajstić information content (AvgIpc) is 2.71. The van der Waals surface area contributed by atoms with Crippen LogP contribution in [0.3, 0.4) is 0 Å². The number of carbonyl (C=O) groups excluding carboxylic acids is 2. The van der Waals surface area contributed by atoms with Crippen LogP contribution in [0.4, 0.5) is 0 Å². The molecule has 0 saturated carbocycles. The number of carbonyl (C=O) groups is 2. The number of piperazine rings is 1. The largest absolute Gasteiger partial charge is 0.333 e. The highest BCUT2D eigenvalue weighted by molar-refractivity contribution is 6.31. The van der Waals surface area contributed by atoms with E-state index in [0.29, 0.717) is 23.1 Å². The zero-order valence-corrected chi connectivity index (χ0v) is 18.5. The van der Waals surface area contributed by atoms with Crippen LogP contribution in [0.25, 0.3) is 12.2 Å². The van der Waals surface area contributed by atoms with Gasteiger partial charge in [0.25, 0.3) is 0 Å². The van der Waals surface area contributed by atoms with Gasteiger partial charge in [-0.3, -0.25) is 9.59 Å². The third-order valence-corrected chi connectivity index (χ3v) is 5.56. The number of hydrogen-bond donors (Lipinski definition) is 0. The first-order chi connectivity index (χ1) is 14.3. The monoisotopic (exact) mass is 442 g/mol. The van der Waals surface area contributed by atoms with Crippen molar-refractivity contribution in [1.82, 2.24) is 9.80 Å². The van der Waals surface area contributed by atoms with Crippen LogP contribution in [0.5, 0.6) is 0 Å². The molecular weight excluding hydrogens is 419 g/mol. The fraction of sp³-hybridized carbons (Fsp3) is 0.250. The molecule has 1 saturated heterocycles. The lowest BCUT2D eigenvalue weighted by Gasteiger charge is -2.43. The summed E-state index contributed by atoms with van der Waals surface area (Å²) in [5.74, 6) is -0.146. The molecule has 1 fully saturated rings. The normalized spacial score (nSPS) is 19.6. The maximum Gasteiger partial charge on any atom is 0.246 e. The van der Waals surface area contributed by atoms with Gasteiger partial charge in [0.1, 0.15) is 0 Å². The van der Waals surface area contributed by atoms with E-state index in [2.05, 4.69) is 0 Å². The van der Waals surface area contributed by atoms with E-state index in [-0.39, 0.29) is 23.9 Å². The third kappa shape index (κ3) is 5.74. The molecule has 1 aliphatic heterocycles. The predicted molar refractivity (Wildman–Crippen MR) is 123 cm³/mol. The quantitative estimate of drug-likeness (QED) is 0.612. The van der Waals surface area contributed by atoms with Gasteiger partial charge in [0, 0.05) is 47.4 Å². The van der Waals surface area contributed by atoms with Crippen LogP contribution in [0, 0.1) is 0 Å². The molecule has 2 aromatic carbocycles. The Balaban J connectivity index is 1.63. The smallest absolute Gasteiger partial charge is 0.246 e. The molecule has 0 radical (unpaired) electrons. The summed E-state index contributed by atoms with van der Waals surface area (Å²) >= 11 is 12.0. The molecule has 0 aliphatic carbocycles. The summed E-state index contributed by atoms with van der Waals surface area (Å²) in [7, 11) is 0. The molecule has 1 heterocycles. The van der Waals surface area contributed by atoms with E-state index in [9.17, 15) is 9.59 Å². The summed E-state index contributed by atoms with van der Waals surface area (Å²) in [5, 5.41) is 1.26. The Kier molecular flexibility index (Phi) is 7.35. The van der Waals surface area contributed by atoms with Crippen molar-refractivity contribution in [2.75, 3.05) is 13.1 Å². The van der Waals surface area contributed by atoms with E-state index in [0.717, 1.165) is 11.1 Å². The van der Waals surface area contributed by atoms with Crippen molar-refractivity contribution < 1.29 is 9.59 Å². The molecule has 30 heavy (non-hydrogen) atoms. The topological polar surface area (TPSA) is 40.6 Å². The predicted octanol–water partition coefficient (Wildman–Crippen LogP) is 5.17. The molecule has 156 valence electrons. The van der Waals surface area contributed by atoms with Crippen LogP contribution >= 0.6 is 23.2 Å². The van der Waals surface area contributed by atoms with Crippen LogP contribution in [-0.4, -0.2) is 46.8 Å². The Bertz CT molecular complexity index is 907. The van der Waals surface area contributed by atoms with Gasteiger partial charge in [0.15, 0.2) is 0 Å². The number of benzene rings is 2. The Labute approximate surface area is 187 Å². The first-order valence-electron chi connectivity index (χ1n) is 9.82. The highest BCUT2D eigenvalue weighted by atomic mass is 35.5. The zero-order chi connectivity index (χ0) is 21.7. The van der Waals surface area contributed by atoms with Crippen molar-refractivity contribution in [3.05, 3.63) is 81.9 Å². The fourth-order valence-corrected chi connectivity index (χ4v) is 3.89. The fourth-order valence-electron chi connectivity index (χ4n) is 3.49. The summed E-state index contributed by atoms with van der Waals surface area (Å²) in [4.78, 5) is 29.0. The molecule has 2 amide bonds. The highest BCUT2D eigenvalue weighted by Crippen LogP contribution is 2.18. The summed E-state index contributed by atoms with van der Waals surface area (Å²) < 4.78 is 0. The lowest BCUT2D eigenvalue weighted by molar-refractivity contribution is -0.139. The van der Waals surface area contributed by atoms with Crippen molar-refractivity contribution >= 4 is 47.2 Å². The van der Waals surface area contributed by atoms with Crippen molar-refractivity contribution in [1.29, 1.82) is 0 Å². The Morgan fingerprint density at radius 3 is 1.57 bits per heavy atom. The minimum Gasteiger partial charge on any atom is -0.333 e. The van der Waals surface area contributed by atoms with Crippen molar-refractivity contribution in [3.63, 3.8) is 0 Å². The molecule has 0 spiro atoms. The van der Waals surface area contributed by atoms with E-state index in [1.54, 1.807) is 58.4 Å². The molecule has 4 nitrogen and oxygen atoms in total. The lowest BCUT2D eigenvalue weighted by Crippen LogP contribution is -2.59. The van der Waals surface area contributed by atoms with E-state index in [4.69, 9.17) is 23.2 Å². The lowest BCUT2D eigenvalue weighted by atomic mass is 10.1. The molecule has 0 unspecified atom stereocenters. The van der Waals surface area contributed by atoms with Gasteiger partial charge in [0.05, 0.1) is 0 Å². The number of halogens is 2. The minimum atomic E-state index is -0.0822. The second-order valence-corrected chi connectivity index (χ2v) is 8.33. The van der Waals surface area contributed by atoms with Crippen LogP contribution in [0.2, 0.25) is 10.0 Å². The van der Waals surface area contributed by atoms with Gasteiger partial charge in [-0.15, -0.1) is 0 Å².